The molecule has 4 aromatic rings. The molecule has 8 nitrogen and oxygen atoms in total. The number of amides is 2. The van der Waals surface area contributed by atoms with Crippen molar-refractivity contribution in [3.05, 3.63) is 124 Å². The van der Waals surface area contributed by atoms with Crippen LogP contribution in [0.2, 0.25) is 10.0 Å². The molecule has 0 aromatic heterocycles. The second kappa shape index (κ2) is 16.0. The van der Waals surface area contributed by atoms with Crippen molar-refractivity contribution < 1.29 is 22.7 Å². The molecule has 0 aliphatic heterocycles. The minimum Gasteiger partial charge on any atom is -0.497 e. The summed E-state index contributed by atoms with van der Waals surface area (Å²) in [6.07, 6.45) is 0.895. The maximum atomic E-state index is 14.5. The number of nitrogens with one attached hydrogen (secondary N) is 1. The highest BCUT2D eigenvalue weighted by Crippen LogP contribution is 2.28. The molecule has 2 amide bonds. The number of anilines is 1. The first kappa shape index (κ1) is 34.8. The number of sulfonamides is 1. The molecular weight excluding hydrogens is 645 g/mol. The number of carbonyl (C=O) groups excluding carboxylic acids is 2. The zero-order valence-corrected chi connectivity index (χ0v) is 28.2. The van der Waals surface area contributed by atoms with Gasteiger partial charge < -0.3 is 15.0 Å². The van der Waals surface area contributed by atoms with Crippen LogP contribution in [-0.4, -0.2) is 50.9 Å². The average molecular weight is 683 g/mol. The van der Waals surface area contributed by atoms with E-state index >= 15 is 0 Å². The van der Waals surface area contributed by atoms with Gasteiger partial charge in [0.1, 0.15) is 18.3 Å². The molecule has 0 spiro atoms. The van der Waals surface area contributed by atoms with Crippen molar-refractivity contribution in [3.8, 4) is 5.75 Å². The number of carbonyl (C=O) groups is 2. The van der Waals surface area contributed by atoms with Gasteiger partial charge in [0.05, 0.1) is 17.7 Å². The molecule has 4 rings (SSSR count). The molecular formula is C35H37Cl2N3O5S. The van der Waals surface area contributed by atoms with Crippen LogP contribution in [0.5, 0.6) is 5.75 Å². The van der Waals surface area contributed by atoms with Crippen molar-refractivity contribution in [1.29, 1.82) is 0 Å². The lowest BCUT2D eigenvalue weighted by Gasteiger charge is -2.34. The third-order valence-corrected chi connectivity index (χ3v) is 9.79. The molecule has 2 atom stereocenters. The fraction of sp³-hybridized carbons (Fsp3) is 0.257. The maximum absolute atomic E-state index is 14.5. The second-order valence-electron chi connectivity index (χ2n) is 10.8. The van der Waals surface area contributed by atoms with Crippen molar-refractivity contribution in [3.63, 3.8) is 0 Å². The number of rotatable bonds is 14. The zero-order chi connectivity index (χ0) is 33.3. The average Bonchev–Trinajstić information content (AvgIpc) is 3.05. The summed E-state index contributed by atoms with van der Waals surface area (Å²) in [6, 6.07) is 27.4. The summed E-state index contributed by atoms with van der Waals surface area (Å²) < 4.78 is 34.5. The Morgan fingerprint density at radius 1 is 0.848 bits per heavy atom. The van der Waals surface area contributed by atoms with Gasteiger partial charge in [0.25, 0.3) is 10.0 Å². The molecule has 0 aliphatic carbocycles. The van der Waals surface area contributed by atoms with Gasteiger partial charge in [-0.1, -0.05) is 78.7 Å². The highest BCUT2D eigenvalue weighted by atomic mass is 35.5. The van der Waals surface area contributed by atoms with Gasteiger partial charge in [-0.3, -0.25) is 13.9 Å². The van der Waals surface area contributed by atoms with Crippen molar-refractivity contribution in [2.75, 3.05) is 18.0 Å². The van der Waals surface area contributed by atoms with Crippen molar-refractivity contribution in [2.45, 2.75) is 50.2 Å². The van der Waals surface area contributed by atoms with Crippen molar-refractivity contribution in [2.24, 2.45) is 0 Å². The summed E-state index contributed by atoms with van der Waals surface area (Å²) in [4.78, 5) is 29.8. The predicted octanol–water partition coefficient (Wildman–Crippen LogP) is 6.75. The minimum atomic E-state index is -4.28. The zero-order valence-electron chi connectivity index (χ0n) is 25.9. The summed E-state index contributed by atoms with van der Waals surface area (Å²) in [7, 11) is -2.80. The summed E-state index contributed by atoms with van der Waals surface area (Å²) >= 11 is 12.6. The van der Waals surface area contributed by atoms with Crippen LogP contribution < -0.4 is 14.4 Å². The third kappa shape index (κ3) is 9.02. The van der Waals surface area contributed by atoms with Crippen molar-refractivity contribution >= 4 is 50.7 Å². The topological polar surface area (TPSA) is 96.0 Å². The lowest BCUT2D eigenvalue weighted by molar-refractivity contribution is -0.140. The molecule has 1 N–H and O–H groups in total. The van der Waals surface area contributed by atoms with Gasteiger partial charge in [0.15, 0.2) is 0 Å². The highest BCUT2D eigenvalue weighted by molar-refractivity contribution is 7.92. The fourth-order valence-electron chi connectivity index (χ4n) is 4.86. The highest BCUT2D eigenvalue weighted by Gasteiger charge is 2.35. The van der Waals surface area contributed by atoms with Gasteiger partial charge in [-0.05, 0) is 79.1 Å². The number of benzene rings is 4. The molecule has 0 aliphatic rings. The second-order valence-corrected chi connectivity index (χ2v) is 13.6. The third-order valence-electron chi connectivity index (χ3n) is 7.54. The van der Waals surface area contributed by atoms with Crippen LogP contribution in [0.3, 0.4) is 0 Å². The van der Waals surface area contributed by atoms with E-state index < -0.39 is 28.5 Å². The molecule has 2 unspecified atom stereocenters. The Morgan fingerprint density at radius 3 is 2.09 bits per heavy atom. The lowest BCUT2D eigenvalue weighted by Crippen LogP contribution is -2.54. The van der Waals surface area contributed by atoms with E-state index in [0.717, 1.165) is 9.87 Å². The molecule has 0 fully saturated rings. The number of nitrogens with zero attached hydrogens (tertiary/aromatic N) is 2. The van der Waals surface area contributed by atoms with Gasteiger partial charge >= 0.3 is 0 Å². The van der Waals surface area contributed by atoms with Crippen LogP contribution in [0.1, 0.15) is 31.4 Å². The van der Waals surface area contributed by atoms with Gasteiger partial charge in [-0.15, -0.1) is 0 Å². The number of methoxy groups -OCH3 is 1. The molecule has 0 heterocycles. The SMILES string of the molecule is CCC(C)NC(=O)C(Cc1ccccc1)N(Cc1cccc(Cl)c1)C(=O)CN(c1cccc(Cl)c1)S(=O)(=O)c1ccc(OC)cc1. The van der Waals surface area contributed by atoms with E-state index in [1.807, 2.05) is 44.2 Å². The molecule has 0 saturated carbocycles. The molecule has 11 heteroatoms. The maximum Gasteiger partial charge on any atom is 0.264 e. The normalized spacial score (nSPS) is 12.5. The van der Waals surface area contributed by atoms with E-state index in [4.69, 9.17) is 27.9 Å². The van der Waals surface area contributed by atoms with Gasteiger partial charge in [-0.2, -0.15) is 0 Å². The Labute approximate surface area is 280 Å². The quantitative estimate of drug-likeness (QED) is 0.159. The van der Waals surface area contributed by atoms with E-state index in [1.165, 1.54) is 42.3 Å². The number of halogens is 2. The number of hydrogen-bond donors (Lipinski definition) is 1. The molecule has 46 heavy (non-hydrogen) atoms. The fourth-order valence-corrected chi connectivity index (χ4v) is 6.67. The first-order valence-electron chi connectivity index (χ1n) is 14.8. The lowest BCUT2D eigenvalue weighted by atomic mass is 10.0. The van der Waals surface area contributed by atoms with E-state index in [-0.39, 0.29) is 35.5 Å². The monoisotopic (exact) mass is 681 g/mol. The van der Waals surface area contributed by atoms with Crippen molar-refractivity contribution in [1.82, 2.24) is 10.2 Å². The Kier molecular flexibility index (Phi) is 12.1. The first-order valence-corrected chi connectivity index (χ1v) is 17.0. The van der Waals surface area contributed by atoms with Gasteiger partial charge in [0.2, 0.25) is 11.8 Å². The number of ether oxygens (including phenoxy) is 1. The van der Waals surface area contributed by atoms with E-state index in [1.54, 1.807) is 42.5 Å². The molecule has 0 saturated heterocycles. The van der Waals surface area contributed by atoms with Crippen LogP contribution in [0.25, 0.3) is 0 Å². The Balaban J connectivity index is 1.81. The van der Waals surface area contributed by atoms with Gasteiger partial charge in [-0.25, -0.2) is 8.42 Å². The van der Waals surface area contributed by atoms with Crippen LogP contribution in [0.15, 0.2) is 108 Å². The molecule has 0 bridgehead atoms. The summed E-state index contributed by atoms with van der Waals surface area (Å²) in [5.74, 6) is -0.453. The Bertz CT molecular complexity index is 1740. The van der Waals surface area contributed by atoms with E-state index in [0.29, 0.717) is 27.8 Å². The van der Waals surface area contributed by atoms with Gasteiger partial charge in [0, 0.05) is 29.1 Å². The van der Waals surface area contributed by atoms with E-state index in [9.17, 15) is 18.0 Å². The minimum absolute atomic E-state index is 0.0107. The first-order chi connectivity index (χ1) is 22.0. The smallest absolute Gasteiger partial charge is 0.264 e. The van der Waals surface area contributed by atoms with Crippen LogP contribution in [-0.2, 0) is 32.6 Å². The molecule has 242 valence electrons. The summed E-state index contributed by atoms with van der Waals surface area (Å²) in [6.45, 7) is 3.26. The van der Waals surface area contributed by atoms with Crippen LogP contribution in [0, 0.1) is 0 Å². The largest absolute Gasteiger partial charge is 0.497 e. The summed E-state index contributed by atoms with van der Waals surface area (Å²) in [5, 5.41) is 3.79. The van der Waals surface area contributed by atoms with E-state index in [2.05, 4.69) is 5.32 Å². The molecule has 0 radical (unpaired) electrons. The predicted molar refractivity (Wildman–Crippen MR) is 183 cm³/mol. The van der Waals surface area contributed by atoms with Crippen LogP contribution >= 0.6 is 23.2 Å². The summed E-state index contributed by atoms with van der Waals surface area (Å²) in [5.41, 5.74) is 1.72. The molecule has 4 aromatic carbocycles. The Hall–Kier alpha value is -4.05. The van der Waals surface area contributed by atoms with Crippen LogP contribution in [0.4, 0.5) is 5.69 Å². The number of hydrogen-bond acceptors (Lipinski definition) is 5. The Morgan fingerprint density at radius 2 is 1.48 bits per heavy atom. The standard InChI is InChI=1S/C35H37Cl2N3O5S/c1-4-25(2)38-35(42)33(21-26-10-6-5-7-11-26)39(23-27-12-8-13-28(36)20-27)34(41)24-40(30-15-9-14-29(37)22-30)46(43,44)32-18-16-31(45-3)17-19-32/h5-20,22,25,33H,4,21,23-24H2,1-3H3,(H,38,42).